The Kier molecular flexibility index (Phi) is 5.62. The Hall–Kier alpha value is -3.67. The van der Waals surface area contributed by atoms with Gasteiger partial charge in [-0.1, -0.05) is 11.2 Å². The van der Waals surface area contributed by atoms with Crippen molar-refractivity contribution < 1.29 is 31.2 Å². The van der Waals surface area contributed by atoms with Gasteiger partial charge in [0.05, 0.1) is 20.8 Å². The normalized spacial score (nSPS) is 15.7. The van der Waals surface area contributed by atoms with E-state index < -0.39 is 21.9 Å². The average molecular weight is 505 g/mol. The van der Waals surface area contributed by atoms with E-state index >= 15 is 0 Å². The quantitative estimate of drug-likeness (QED) is 0.379. The van der Waals surface area contributed by atoms with Crippen LogP contribution < -0.4 is 14.2 Å². The second-order valence-corrected chi connectivity index (χ2v) is 10.0. The van der Waals surface area contributed by atoms with Crippen molar-refractivity contribution in [3.05, 3.63) is 59.9 Å². The number of nitrogens with one attached hydrogen (secondary N) is 1. The molecular formula is C23H22F2N4O5S. The lowest BCUT2D eigenvalue weighted by Gasteiger charge is -2.35. The predicted octanol–water partition coefficient (Wildman–Crippen LogP) is 4.40. The summed E-state index contributed by atoms with van der Waals surface area (Å²) in [5.41, 5.74) is 1.64. The van der Waals surface area contributed by atoms with Crippen molar-refractivity contribution in [3.8, 4) is 11.5 Å². The standard InChI is InChI=1S/C23H22F2N4O5S/c1-32-17-5-4-15(16-11-23(24,25)12-16)10-20(17)35(30,31)28-22-21-18(33-2)8-14(9-19(21)34-27-22)13-29-7-3-6-26-29/h3-10,16H,11-13H2,1-2H3,(H,27,28). The summed E-state index contributed by atoms with van der Waals surface area (Å²) in [6.07, 6.45) is 2.83. The summed E-state index contributed by atoms with van der Waals surface area (Å²) in [5, 5.41) is 8.42. The van der Waals surface area contributed by atoms with Gasteiger partial charge in [-0.3, -0.25) is 9.40 Å². The number of benzene rings is 2. The number of hydrogen-bond donors (Lipinski definition) is 1. The molecule has 1 fully saturated rings. The fourth-order valence-electron chi connectivity index (χ4n) is 4.23. The predicted molar refractivity (Wildman–Crippen MR) is 123 cm³/mol. The minimum atomic E-state index is -4.22. The third kappa shape index (κ3) is 4.41. The van der Waals surface area contributed by atoms with Crippen molar-refractivity contribution in [2.75, 3.05) is 18.9 Å². The lowest BCUT2D eigenvalue weighted by molar-refractivity contribution is -0.0867. The molecule has 0 amide bonds. The number of ether oxygens (including phenoxy) is 2. The molecule has 2 aromatic heterocycles. The summed E-state index contributed by atoms with van der Waals surface area (Å²) in [7, 11) is -1.43. The zero-order chi connectivity index (χ0) is 24.8. The molecule has 0 aliphatic heterocycles. The molecule has 184 valence electrons. The summed E-state index contributed by atoms with van der Waals surface area (Å²) < 4.78 is 73.7. The van der Waals surface area contributed by atoms with Crippen LogP contribution in [0.25, 0.3) is 11.0 Å². The molecule has 5 rings (SSSR count). The molecule has 1 saturated carbocycles. The Morgan fingerprint density at radius 1 is 1.17 bits per heavy atom. The van der Waals surface area contributed by atoms with E-state index in [1.807, 2.05) is 6.20 Å². The summed E-state index contributed by atoms with van der Waals surface area (Å²) in [5.74, 6) is -2.78. The van der Waals surface area contributed by atoms with Gasteiger partial charge in [0.1, 0.15) is 21.8 Å². The number of nitrogens with zero attached hydrogens (tertiary/aromatic N) is 3. The molecule has 35 heavy (non-hydrogen) atoms. The topological polar surface area (TPSA) is 108 Å². The number of methoxy groups -OCH3 is 2. The Morgan fingerprint density at radius 3 is 2.60 bits per heavy atom. The van der Waals surface area contributed by atoms with Crippen LogP contribution in [0.1, 0.15) is 29.9 Å². The first-order valence-corrected chi connectivity index (χ1v) is 12.2. The van der Waals surface area contributed by atoms with Crippen LogP contribution in [0, 0.1) is 0 Å². The largest absolute Gasteiger partial charge is 0.496 e. The van der Waals surface area contributed by atoms with Gasteiger partial charge in [-0.25, -0.2) is 17.2 Å². The first kappa shape index (κ1) is 23.1. The molecule has 4 aromatic rings. The van der Waals surface area contributed by atoms with Crippen LogP contribution in [0.4, 0.5) is 14.6 Å². The minimum absolute atomic E-state index is 0.0647. The zero-order valence-electron chi connectivity index (χ0n) is 18.9. The first-order chi connectivity index (χ1) is 16.7. The highest BCUT2D eigenvalue weighted by molar-refractivity contribution is 7.92. The van der Waals surface area contributed by atoms with E-state index in [4.69, 9.17) is 14.0 Å². The first-order valence-electron chi connectivity index (χ1n) is 10.7. The highest BCUT2D eigenvalue weighted by atomic mass is 32.2. The minimum Gasteiger partial charge on any atom is -0.496 e. The third-order valence-corrected chi connectivity index (χ3v) is 7.35. The van der Waals surface area contributed by atoms with Crippen LogP contribution in [0.2, 0.25) is 0 Å². The number of rotatable bonds is 8. The number of anilines is 1. The summed E-state index contributed by atoms with van der Waals surface area (Å²) >= 11 is 0. The molecular weight excluding hydrogens is 482 g/mol. The van der Waals surface area contributed by atoms with Crippen LogP contribution in [0.3, 0.4) is 0 Å². The maximum Gasteiger partial charge on any atom is 0.266 e. The molecule has 1 N–H and O–H groups in total. The van der Waals surface area contributed by atoms with Crippen molar-refractivity contribution in [3.63, 3.8) is 0 Å². The van der Waals surface area contributed by atoms with Crippen molar-refractivity contribution in [2.24, 2.45) is 0 Å². The SMILES string of the molecule is COc1ccc(C2CC(F)(F)C2)cc1S(=O)(=O)Nc1noc2cc(Cn3cccn3)cc(OC)c12. The van der Waals surface area contributed by atoms with Gasteiger partial charge in [0.25, 0.3) is 10.0 Å². The van der Waals surface area contributed by atoms with Crippen molar-refractivity contribution >= 4 is 26.8 Å². The highest BCUT2D eigenvalue weighted by Crippen LogP contribution is 2.49. The van der Waals surface area contributed by atoms with E-state index in [1.165, 1.54) is 26.4 Å². The van der Waals surface area contributed by atoms with Crippen LogP contribution in [0.15, 0.2) is 58.2 Å². The smallest absolute Gasteiger partial charge is 0.266 e. The molecule has 0 saturated heterocycles. The van der Waals surface area contributed by atoms with Crippen LogP contribution in [-0.2, 0) is 16.6 Å². The lowest BCUT2D eigenvalue weighted by atomic mass is 9.77. The second-order valence-electron chi connectivity index (χ2n) is 8.38. The number of alkyl halides is 2. The maximum absolute atomic E-state index is 13.4. The van der Waals surface area contributed by atoms with E-state index in [1.54, 1.807) is 35.1 Å². The third-order valence-electron chi connectivity index (χ3n) is 5.99. The van der Waals surface area contributed by atoms with E-state index in [0.717, 1.165) is 5.56 Å². The molecule has 0 atom stereocenters. The fourth-order valence-corrected chi connectivity index (χ4v) is 5.44. The number of halogens is 2. The molecule has 0 spiro atoms. The van der Waals surface area contributed by atoms with Crippen LogP contribution in [-0.4, -0.2) is 43.5 Å². The number of fused-ring (bicyclic) bond motifs is 1. The van der Waals surface area contributed by atoms with Gasteiger partial charge in [0.15, 0.2) is 11.4 Å². The van der Waals surface area contributed by atoms with E-state index in [9.17, 15) is 17.2 Å². The molecule has 9 nitrogen and oxygen atoms in total. The van der Waals surface area contributed by atoms with E-state index in [2.05, 4.69) is 15.0 Å². The van der Waals surface area contributed by atoms with E-state index in [0.29, 0.717) is 28.8 Å². The highest BCUT2D eigenvalue weighted by Gasteiger charge is 2.46. The van der Waals surface area contributed by atoms with Gasteiger partial charge >= 0.3 is 0 Å². The molecule has 0 unspecified atom stereocenters. The monoisotopic (exact) mass is 504 g/mol. The number of sulfonamides is 1. The number of aromatic nitrogens is 3. The lowest BCUT2D eigenvalue weighted by Crippen LogP contribution is -2.33. The Balaban J connectivity index is 1.48. The van der Waals surface area contributed by atoms with Gasteiger partial charge in [-0.15, -0.1) is 0 Å². The summed E-state index contributed by atoms with van der Waals surface area (Å²) in [4.78, 5) is -0.182. The van der Waals surface area contributed by atoms with Crippen LogP contribution >= 0.6 is 0 Å². The van der Waals surface area contributed by atoms with Gasteiger partial charge in [0, 0.05) is 25.2 Å². The summed E-state index contributed by atoms with van der Waals surface area (Å²) in [6, 6.07) is 9.70. The van der Waals surface area contributed by atoms with E-state index in [-0.39, 0.29) is 29.3 Å². The fraction of sp³-hybridized carbons (Fsp3) is 0.304. The average Bonchev–Trinajstić information content (AvgIpc) is 3.46. The van der Waals surface area contributed by atoms with Gasteiger partial charge in [-0.05, 0) is 47.4 Å². The maximum atomic E-state index is 13.4. The summed E-state index contributed by atoms with van der Waals surface area (Å²) in [6.45, 7) is 0.450. The molecule has 0 bridgehead atoms. The molecule has 1 aliphatic rings. The van der Waals surface area contributed by atoms with Crippen molar-refractivity contribution in [2.45, 2.75) is 36.1 Å². The number of hydrogen-bond acceptors (Lipinski definition) is 7. The zero-order valence-corrected chi connectivity index (χ0v) is 19.7. The van der Waals surface area contributed by atoms with Crippen LogP contribution in [0.5, 0.6) is 11.5 Å². The van der Waals surface area contributed by atoms with Crippen molar-refractivity contribution in [1.29, 1.82) is 0 Å². The second kappa shape index (κ2) is 8.52. The molecule has 0 radical (unpaired) electrons. The Labute approximate surface area is 199 Å². The Bertz CT molecular complexity index is 1480. The Morgan fingerprint density at radius 2 is 1.94 bits per heavy atom. The molecule has 2 aromatic carbocycles. The van der Waals surface area contributed by atoms with Crippen molar-refractivity contribution in [1.82, 2.24) is 14.9 Å². The van der Waals surface area contributed by atoms with Gasteiger partial charge in [0.2, 0.25) is 5.92 Å². The van der Waals surface area contributed by atoms with Gasteiger partial charge < -0.3 is 14.0 Å². The van der Waals surface area contributed by atoms with Gasteiger partial charge in [-0.2, -0.15) is 5.10 Å². The molecule has 1 aliphatic carbocycles. The molecule has 12 heteroatoms. The molecule has 2 heterocycles.